The predicted molar refractivity (Wildman–Crippen MR) is 90.3 cm³/mol. The minimum atomic E-state index is -4.51. The van der Waals surface area contributed by atoms with Gasteiger partial charge in [-0.1, -0.05) is 6.07 Å². The van der Waals surface area contributed by atoms with Crippen molar-refractivity contribution in [3.8, 4) is 0 Å². The third kappa shape index (κ3) is 5.97. The summed E-state index contributed by atoms with van der Waals surface area (Å²) >= 11 is 1.53. The molecule has 2 rings (SSSR count). The van der Waals surface area contributed by atoms with E-state index in [1.54, 1.807) is 0 Å². The molecule has 0 fully saturated rings. The molecular weight excluding hydrogens is 339 g/mol. The van der Waals surface area contributed by atoms with Gasteiger partial charge >= 0.3 is 6.18 Å². The maximum Gasteiger partial charge on any atom is 0.433 e. The predicted octanol–water partition coefficient (Wildman–Crippen LogP) is 3.53. The Morgan fingerprint density at radius 2 is 2.00 bits per heavy atom. The standard InChI is InChI=1S/C15H20F3N5S/c1-23(2)7-4-6-19-14-21-12(15(16,17)18)9-13(22-14)20-10-11-5-3-8-24-11/h3,5,8-9H,4,6-7,10H2,1-2H3,(H2,19,20,21,22). The Kier molecular flexibility index (Phi) is 6.38. The van der Waals surface area contributed by atoms with Gasteiger partial charge in [0, 0.05) is 17.5 Å². The van der Waals surface area contributed by atoms with Crippen LogP contribution in [0.25, 0.3) is 0 Å². The van der Waals surface area contributed by atoms with Crippen LogP contribution in [0.5, 0.6) is 0 Å². The van der Waals surface area contributed by atoms with Crippen molar-refractivity contribution in [2.24, 2.45) is 0 Å². The lowest BCUT2D eigenvalue weighted by atomic mass is 10.3. The second kappa shape index (κ2) is 8.29. The maximum absolute atomic E-state index is 13.0. The summed E-state index contributed by atoms with van der Waals surface area (Å²) in [5, 5.41) is 7.69. The van der Waals surface area contributed by atoms with Gasteiger partial charge < -0.3 is 15.5 Å². The molecule has 132 valence electrons. The lowest BCUT2D eigenvalue weighted by Crippen LogP contribution is -2.18. The molecule has 2 aromatic heterocycles. The number of nitrogens with zero attached hydrogens (tertiary/aromatic N) is 3. The minimum Gasteiger partial charge on any atom is -0.365 e. The zero-order chi connectivity index (χ0) is 17.6. The number of hydrogen-bond acceptors (Lipinski definition) is 6. The van der Waals surface area contributed by atoms with Gasteiger partial charge in [0.1, 0.15) is 5.82 Å². The Morgan fingerprint density at radius 3 is 2.62 bits per heavy atom. The van der Waals surface area contributed by atoms with E-state index in [4.69, 9.17) is 0 Å². The minimum absolute atomic E-state index is 0.0164. The Bertz CT molecular complexity index is 629. The van der Waals surface area contributed by atoms with Crippen LogP contribution in [0.1, 0.15) is 17.0 Å². The molecule has 0 radical (unpaired) electrons. The van der Waals surface area contributed by atoms with E-state index in [2.05, 4.69) is 20.6 Å². The topological polar surface area (TPSA) is 53.1 Å². The second-order valence-electron chi connectivity index (χ2n) is 5.48. The molecule has 0 saturated heterocycles. The van der Waals surface area contributed by atoms with Crippen molar-refractivity contribution >= 4 is 23.1 Å². The molecule has 0 aromatic carbocycles. The molecule has 24 heavy (non-hydrogen) atoms. The van der Waals surface area contributed by atoms with Crippen molar-refractivity contribution in [1.29, 1.82) is 0 Å². The highest BCUT2D eigenvalue weighted by atomic mass is 32.1. The van der Waals surface area contributed by atoms with Gasteiger partial charge in [0.05, 0.1) is 6.54 Å². The average molecular weight is 359 g/mol. The smallest absolute Gasteiger partial charge is 0.365 e. The van der Waals surface area contributed by atoms with E-state index in [9.17, 15) is 13.2 Å². The number of aromatic nitrogens is 2. The summed E-state index contributed by atoms with van der Waals surface area (Å²) in [7, 11) is 3.88. The van der Waals surface area contributed by atoms with Gasteiger partial charge in [-0.15, -0.1) is 11.3 Å². The van der Waals surface area contributed by atoms with Gasteiger partial charge in [-0.25, -0.2) is 4.98 Å². The molecular formula is C15H20F3N5S. The van der Waals surface area contributed by atoms with Gasteiger partial charge in [-0.2, -0.15) is 18.2 Å². The zero-order valence-electron chi connectivity index (χ0n) is 13.5. The van der Waals surface area contributed by atoms with Crippen molar-refractivity contribution in [3.05, 3.63) is 34.2 Å². The number of hydrogen-bond donors (Lipinski definition) is 2. The number of nitrogens with one attached hydrogen (secondary N) is 2. The van der Waals surface area contributed by atoms with E-state index in [1.807, 2.05) is 36.5 Å². The fourth-order valence-electron chi connectivity index (χ4n) is 1.95. The van der Waals surface area contributed by atoms with Crippen molar-refractivity contribution < 1.29 is 13.2 Å². The summed E-state index contributed by atoms with van der Waals surface area (Å²) in [4.78, 5) is 10.7. The largest absolute Gasteiger partial charge is 0.433 e. The Balaban J connectivity index is 2.06. The van der Waals surface area contributed by atoms with Crippen LogP contribution >= 0.6 is 11.3 Å². The first kappa shape index (κ1) is 18.5. The fraction of sp³-hybridized carbons (Fsp3) is 0.467. The number of rotatable bonds is 8. The van der Waals surface area contributed by atoms with Crippen molar-refractivity contribution in [2.45, 2.75) is 19.1 Å². The van der Waals surface area contributed by atoms with E-state index in [0.29, 0.717) is 13.1 Å². The highest BCUT2D eigenvalue weighted by Gasteiger charge is 2.33. The Hall–Kier alpha value is -1.87. The third-order valence-electron chi connectivity index (χ3n) is 3.11. The molecule has 0 aliphatic carbocycles. The fourth-order valence-corrected chi connectivity index (χ4v) is 2.59. The summed E-state index contributed by atoms with van der Waals surface area (Å²) in [6.45, 7) is 1.76. The van der Waals surface area contributed by atoms with Crippen LogP contribution in [-0.4, -0.2) is 42.1 Å². The number of anilines is 2. The highest BCUT2D eigenvalue weighted by molar-refractivity contribution is 7.09. The van der Waals surface area contributed by atoms with Crippen LogP contribution in [-0.2, 0) is 12.7 Å². The summed E-state index contributed by atoms with van der Waals surface area (Å²) in [6.07, 6.45) is -3.73. The van der Waals surface area contributed by atoms with Gasteiger partial charge in [0.15, 0.2) is 5.69 Å². The first-order valence-corrected chi connectivity index (χ1v) is 8.33. The first-order chi connectivity index (χ1) is 11.3. The second-order valence-corrected chi connectivity index (χ2v) is 6.51. The molecule has 0 aliphatic heterocycles. The molecule has 9 heteroatoms. The number of alkyl halides is 3. The van der Waals surface area contributed by atoms with E-state index in [0.717, 1.165) is 23.9 Å². The lowest BCUT2D eigenvalue weighted by Gasteiger charge is -2.13. The molecule has 0 saturated carbocycles. The molecule has 2 aromatic rings. The van der Waals surface area contributed by atoms with Gasteiger partial charge in [-0.3, -0.25) is 0 Å². The molecule has 0 unspecified atom stereocenters. The molecule has 0 atom stereocenters. The van der Waals surface area contributed by atoms with Crippen LogP contribution in [0.3, 0.4) is 0 Å². The van der Waals surface area contributed by atoms with E-state index in [-0.39, 0.29) is 11.8 Å². The molecule has 2 heterocycles. The third-order valence-corrected chi connectivity index (χ3v) is 3.98. The van der Waals surface area contributed by atoms with E-state index >= 15 is 0 Å². The average Bonchev–Trinajstić information content (AvgIpc) is 3.02. The van der Waals surface area contributed by atoms with Crippen LogP contribution in [0, 0.1) is 0 Å². The molecule has 0 bridgehead atoms. The molecule has 2 N–H and O–H groups in total. The monoisotopic (exact) mass is 359 g/mol. The Morgan fingerprint density at radius 1 is 1.21 bits per heavy atom. The number of thiophene rings is 1. The molecule has 5 nitrogen and oxygen atoms in total. The SMILES string of the molecule is CN(C)CCCNc1nc(NCc2cccs2)cc(C(F)(F)F)n1. The van der Waals surface area contributed by atoms with Crippen LogP contribution in [0.4, 0.5) is 24.9 Å². The van der Waals surface area contributed by atoms with E-state index in [1.165, 1.54) is 11.3 Å². The van der Waals surface area contributed by atoms with E-state index < -0.39 is 11.9 Å². The zero-order valence-corrected chi connectivity index (χ0v) is 14.3. The summed E-state index contributed by atoms with van der Waals surface area (Å²) < 4.78 is 39.0. The van der Waals surface area contributed by atoms with Crippen molar-refractivity contribution in [3.63, 3.8) is 0 Å². The maximum atomic E-state index is 13.0. The normalized spacial score (nSPS) is 11.8. The first-order valence-electron chi connectivity index (χ1n) is 7.46. The lowest BCUT2D eigenvalue weighted by molar-refractivity contribution is -0.141. The van der Waals surface area contributed by atoms with Crippen LogP contribution < -0.4 is 10.6 Å². The summed E-state index contributed by atoms with van der Waals surface area (Å²) in [5.41, 5.74) is -0.957. The van der Waals surface area contributed by atoms with Crippen molar-refractivity contribution in [1.82, 2.24) is 14.9 Å². The van der Waals surface area contributed by atoms with Crippen LogP contribution in [0.2, 0.25) is 0 Å². The highest BCUT2D eigenvalue weighted by Crippen LogP contribution is 2.29. The van der Waals surface area contributed by atoms with Gasteiger partial charge in [0.25, 0.3) is 0 Å². The van der Waals surface area contributed by atoms with Gasteiger partial charge in [-0.05, 0) is 38.5 Å². The quantitative estimate of drug-likeness (QED) is 0.706. The van der Waals surface area contributed by atoms with Gasteiger partial charge in [0.2, 0.25) is 5.95 Å². The molecule has 0 spiro atoms. The summed E-state index contributed by atoms with van der Waals surface area (Å²) in [6, 6.07) is 4.73. The summed E-state index contributed by atoms with van der Waals surface area (Å²) in [5.74, 6) is 0.137. The number of halogens is 3. The molecule has 0 amide bonds. The van der Waals surface area contributed by atoms with Crippen molar-refractivity contribution in [2.75, 3.05) is 37.8 Å². The Labute approximate surface area is 142 Å². The molecule has 0 aliphatic rings. The van der Waals surface area contributed by atoms with Crippen LogP contribution in [0.15, 0.2) is 23.6 Å².